The van der Waals surface area contributed by atoms with Gasteiger partial charge in [0.05, 0.1) is 0 Å². The number of hydrogen-bond donors (Lipinski definition) is 1. The maximum atomic E-state index is 11.0. The summed E-state index contributed by atoms with van der Waals surface area (Å²) in [7, 11) is 0. The second-order valence-corrected chi connectivity index (χ2v) is 2.40. The van der Waals surface area contributed by atoms with E-state index in [0.717, 1.165) is 0 Å². The summed E-state index contributed by atoms with van der Waals surface area (Å²) in [5.74, 6) is -5.89. The number of rotatable bonds is 5. The van der Waals surface area contributed by atoms with Gasteiger partial charge in [-0.15, -0.1) is 0 Å². The van der Waals surface area contributed by atoms with Crippen LogP contribution in [-0.4, -0.2) is 28.6 Å². The fourth-order valence-electron chi connectivity index (χ4n) is 0.680. The molecule has 0 saturated carbocycles. The van der Waals surface area contributed by atoms with E-state index in [9.17, 15) is 29.7 Å². The van der Waals surface area contributed by atoms with E-state index < -0.39 is 36.4 Å². The van der Waals surface area contributed by atoms with Gasteiger partial charge in [0.1, 0.15) is 0 Å². The standard InChI is InChI=1S/C6H7O7.3K/c7-3(8)1-6(13,5(11)12)2-4(9)10;;;/h1-2H2,(H,7,8)(H,9,10)(H,11,12);;;/q-1;3*+1/p-2. The van der Waals surface area contributed by atoms with E-state index in [4.69, 9.17) is 5.11 Å². The summed E-state index contributed by atoms with van der Waals surface area (Å²) < 4.78 is 0. The Kier molecular flexibility index (Phi) is 22.9. The molecule has 0 radical (unpaired) electrons. The van der Waals surface area contributed by atoms with E-state index in [1.54, 1.807) is 0 Å². The largest absolute Gasteiger partial charge is 1.00 e. The van der Waals surface area contributed by atoms with Crippen molar-refractivity contribution in [2.24, 2.45) is 0 Å². The molecule has 1 N–H and O–H groups in total. The van der Waals surface area contributed by atoms with Gasteiger partial charge >= 0.3 is 154 Å². The normalized spacial score (nSPS) is 8.81. The van der Waals surface area contributed by atoms with E-state index in [0.29, 0.717) is 0 Å². The number of aliphatic carboxylic acids is 3. The predicted molar refractivity (Wildman–Crippen MR) is 29.6 cm³/mol. The van der Waals surface area contributed by atoms with E-state index in [-0.39, 0.29) is 154 Å². The summed E-state index contributed by atoms with van der Waals surface area (Å²) in [6.45, 7) is 0. The summed E-state index contributed by atoms with van der Waals surface area (Å²) in [5, 5.41) is 39.0. The molecular weight excluding hydrogens is 301 g/mol. The van der Waals surface area contributed by atoms with E-state index in [2.05, 4.69) is 0 Å². The first-order chi connectivity index (χ1) is 5.78. The Morgan fingerprint density at radius 3 is 1.31 bits per heavy atom. The smallest absolute Gasteiger partial charge is 0.841 e. The van der Waals surface area contributed by atoms with Crippen LogP contribution in [0.1, 0.15) is 12.8 Å². The number of carboxylic acid groups (broad SMARTS) is 3. The summed E-state index contributed by atoms with van der Waals surface area (Å²) in [6.07, 6.45) is -2.81. The third-order valence-electron chi connectivity index (χ3n) is 1.25. The summed E-state index contributed by atoms with van der Waals surface area (Å²) in [5.41, 5.74) is -3.11. The van der Waals surface area contributed by atoms with E-state index >= 15 is 0 Å². The zero-order valence-electron chi connectivity index (χ0n) is 9.31. The van der Waals surface area contributed by atoms with Crippen molar-refractivity contribution in [1.29, 1.82) is 0 Å². The van der Waals surface area contributed by atoms with E-state index in [1.165, 1.54) is 0 Å². The summed E-state index contributed by atoms with van der Waals surface area (Å²) in [4.78, 5) is 30.0. The third-order valence-corrected chi connectivity index (χ3v) is 1.25. The molecule has 0 rings (SSSR count). The van der Waals surface area contributed by atoms with Crippen LogP contribution < -0.4 is 169 Å². The second kappa shape index (κ2) is 13.3. The van der Waals surface area contributed by atoms with E-state index in [1.807, 2.05) is 0 Å². The number of carbonyl (C=O) groups excluding carboxylic acids is 2. The molecule has 0 aliphatic rings. The zero-order valence-corrected chi connectivity index (χ0v) is 18.7. The van der Waals surface area contributed by atoms with Crippen molar-refractivity contribution >= 4 is 17.9 Å². The maximum Gasteiger partial charge on any atom is 1.00 e. The minimum Gasteiger partial charge on any atom is -0.841 e. The van der Waals surface area contributed by atoms with Crippen LogP contribution in [0.5, 0.6) is 0 Å². The van der Waals surface area contributed by atoms with Crippen LogP contribution in [-0.2, 0) is 14.4 Å². The van der Waals surface area contributed by atoms with Gasteiger partial charge in [0.2, 0.25) is 0 Å². The van der Waals surface area contributed by atoms with Crippen molar-refractivity contribution in [2.75, 3.05) is 0 Å². The van der Waals surface area contributed by atoms with Crippen molar-refractivity contribution < 1.29 is 189 Å². The zero-order chi connectivity index (χ0) is 10.6. The fourth-order valence-corrected chi connectivity index (χ4v) is 0.680. The topological polar surface area (TPSA) is 141 Å². The molecule has 0 aromatic rings. The molecule has 0 spiro atoms. The number of carbonyl (C=O) groups is 3. The first kappa shape index (κ1) is 27.6. The Balaban J connectivity index is -0.000000240. The minimum atomic E-state index is -3.11. The molecule has 0 aliphatic heterocycles. The van der Waals surface area contributed by atoms with Crippen LogP contribution in [0, 0.1) is 0 Å². The van der Waals surface area contributed by atoms with Gasteiger partial charge in [-0.2, -0.15) is 0 Å². The van der Waals surface area contributed by atoms with Gasteiger partial charge in [-0.1, -0.05) is 0 Å². The maximum absolute atomic E-state index is 11.0. The SMILES string of the molecule is O=C([O-])CC([O-])(CC(=O)[O-])C(=O)O.[K+].[K+].[K+]. The van der Waals surface area contributed by atoms with Crippen LogP contribution in [0.2, 0.25) is 0 Å². The molecule has 7 nitrogen and oxygen atoms in total. The van der Waals surface area contributed by atoms with Crippen LogP contribution in [0.15, 0.2) is 0 Å². The molecule has 0 aromatic carbocycles. The molecule has 0 aliphatic carbocycles. The molecule has 74 valence electrons. The monoisotopic (exact) mass is 306 g/mol. The molecule has 10 heteroatoms. The van der Waals surface area contributed by atoms with Gasteiger partial charge < -0.3 is 30.0 Å². The van der Waals surface area contributed by atoms with Crippen molar-refractivity contribution in [3.63, 3.8) is 0 Å². The summed E-state index contributed by atoms with van der Waals surface area (Å²) in [6, 6.07) is 0. The number of carboxylic acids is 3. The average Bonchev–Trinajstić information content (AvgIpc) is 1.82. The van der Waals surface area contributed by atoms with Crippen LogP contribution in [0.3, 0.4) is 0 Å². The van der Waals surface area contributed by atoms with Crippen molar-refractivity contribution in [3.05, 3.63) is 0 Å². The van der Waals surface area contributed by atoms with Crippen LogP contribution >= 0.6 is 0 Å². The Hall–Kier alpha value is 3.28. The Morgan fingerprint density at radius 1 is 0.938 bits per heavy atom. The Labute approximate surface area is 219 Å². The first-order valence-electron chi connectivity index (χ1n) is 3.11. The van der Waals surface area contributed by atoms with Gasteiger partial charge in [-0.05, 0) is 18.4 Å². The minimum absolute atomic E-state index is 0. The molecule has 0 saturated heterocycles. The fraction of sp³-hybridized carbons (Fsp3) is 0.500. The number of hydrogen-bond acceptors (Lipinski definition) is 6. The Bertz CT molecular complexity index is 239. The molecule has 0 unspecified atom stereocenters. The van der Waals surface area contributed by atoms with Crippen molar-refractivity contribution in [2.45, 2.75) is 18.4 Å². The quantitative estimate of drug-likeness (QED) is 0.497. The molecule has 0 aromatic heterocycles. The molecule has 0 heterocycles. The average molecular weight is 306 g/mol. The van der Waals surface area contributed by atoms with Crippen molar-refractivity contribution in [1.82, 2.24) is 0 Å². The second-order valence-electron chi connectivity index (χ2n) is 2.40. The molecule has 16 heavy (non-hydrogen) atoms. The predicted octanol–water partition coefficient (Wildman–Crippen LogP) is -13.5. The molecule has 0 atom stereocenters. The molecule has 0 amide bonds. The van der Waals surface area contributed by atoms with Crippen LogP contribution in [0.25, 0.3) is 0 Å². The third kappa shape index (κ3) is 12.3. The van der Waals surface area contributed by atoms with Gasteiger partial charge in [-0.25, -0.2) is 0 Å². The van der Waals surface area contributed by atoms with Gasteiger partial charge in [0.15, 0.2) is 0 Å². The van der Waals surface area contributed by atoms with Gasteiger partial charge in [-0.3, -0.25) is 4.79 Å². The first-order valence-corrected chi connectivity index (χ1v) is 3.11. The van der Waals surface area contributed by atoms with Gasteiger partial charge in [0, 0.05) is 11.9 Å². The summed E-state index contributed by atoms with van der Waals surface area (Å²) >= 11 is 0. The van der Waals surface area contributed by atoms with Crippen LogP contribution in [0.4, 0.5) is 0 Å². The molecular formula is C6H5K3O7. The molecule has 0 fully saturated rings. The Morgan fingerprint density at radius 2 is 1.19 bits per heavy atom. The molecule has 0 bridgehead atoms. The van der Waals surface area contributed by atoms with Gasteiger partial charge in [0.25, 0.3) is 5.97 Å². The van der Waals surface area contributed by atoms with Crippen molar-refractivity contribution in [3.8, 4) is 0 Å².